The maximum Gasteiger partial charge on any atom is 0.241 e. The number of benzene rings is 1. The summed E-state index contributed by atoms with van der Waals surface area (Å²) in [6.07, 6.45) is 1.62. The Bertz CT molecular complexity index is 531. The van der Waals surface area contributed by atoms with Crippen LogP contribution < -0.4 is 11.1 Å². The molecule has 17 heavy (non-hydrogen) atoms. The molecule has 4 nitrogen and oxygen atoms in total. The zero-order chi connectivity index (χ0) is 12.4. The van der Waals surface area contributed by atoms with Crippen molar-refractivity contribution >= 4 is 22.6 Å². The van der Waals surface area contributed by atoms with Crippen LogP contribution in [0.2, 0.25) is 0 Å². The van der Waals surface area contributed by atoms with Crippen LogP contribution in [0.1, 0.15) is 13.8 Å². The summed E-state index contributed by atoms with van der Waals surface area (Å²) in [6.45, 7) is 3.84. The predicted molar refractivity (Wildman–Crippen MR) is 67.7 cm³/mol. The van der Waals surface area contributed by atoms with Gasteiger partial charge in [-0.15, -0.1) is 0 Å². The lowest BCUT2D eigenvalue weighted by atomic mass is 10.0. The molecule has 1 aromatic carbocycles. The van der Waals surface area contributed by atoms with Crippen molar-refractivity contribution in [2.45, 2.75) is 19.9 Å². The number of hydrogen-bond donors (Lipinski definition) is 2. The highest BCUT2D eigenvalue weighted by atomic mass is 16.3. The number of hydrogen-bond acceptors (Lipinski definition) is 3. The molecule has 0 spiro atoms. The molecule has 1 aromatic heterocycles. The Balaban J connectivity index is 2.15. The van der Waals surface area contributed by atoms with Crippen LogP contribution in [0.5, 0.6) is 0 Å². The summed E-state index contributed by atoms with van der Waals surface area (Å²) in [7, 11) is 0. The third kappa shape index (κ3) is 2.47. The number of furan rings is 1. The van der Waals surface area contributed by atoms with E-state index in [1.165, 1.54) is 0 Å². The smallest absolute Gasteiger partial charge is 0.241 e. The highest BCUT2D eigenvalue weighted by Gasteiger charge is 2.17. The Hall–Kier alpha value is -1.81. The number of nitrogens with two attached hydrogens (primary N) is 1. The summed E-state index contributed by atoms with van der Waals surface area (Å²) in [4.78, 5) is 11.8. The van der Waals surface area contributed by atoms with Crippen molar-refractivity contribution in [3.63, 3.8) is 0 Å². The van der Waals surface area contributed by atoms with Crippen molar-refractivity contribution in [3.05, 3.63) is 30.5 Å². The van der Waals surface area contributed by atoms with Gasteiger partial charge in [-0.25, -0.2) is 0 Å². The summed E-state index contributed by atoms with van der Waals surface area (Å²) in [6, 6.07) is 6.86. The second kappa shape index (κ2) is 4.59. The van der Waals surface area contributed by atoms with Gasteiger partial charge >= 0.3 is 0 Å². The van der Waals surface area contributed by atoms with E-state index in [2.05, 4.69) is 5.32 Å². The Morgan fingerprint density at radius 2 is 2.12 bits per heavy atom. The number of carbonyl (C=O) groups is 1. The van der Waals surface area contributed by atoms with Gasteiger partial charge in [0.25, 0.3) is 0 Å². The van der Waals surface area contributed by atoms with E-state index in [-0.39, 0.29) is 11.8 Å². The van der Waals surface area contributed by atoms with Crippen molar-refractivity contribution in [1.82, 2.24) is 0 Å². The minimum absolute atomic E-state index is 0.118. The van der Waals surface area contributed by atoms with Gasteiger partial charge < -0.3 is 15.5 Å². The first-order chi connectivity index (χ1) is 8.08. The standard InChI is InChI=1S/C13H16N2O2/c1-8(2)12(14)13(16)15-10-3-4-11-9(7-10)5-6-17-11/h3-8,12H,14H2,1-2H3,(H,15,16)/t12-/m0/s1. The number of amides is 1. The van der Waals surface area contributed by atoms with Crippen LogP contribution in [0.15, 0.2) is 34.9 Å². The predicted octanol–water partition coefficient (Wildman–Crippen LogP) is 2.35. The monoisotopic (exact) mass is 232 g/mol. The highest BCUT2D eigenvalue weighted by Crippen LogP contribution is 2.20. The second-order valence-corrected chi connectivity index (χ2v) is 4.43. The fraction of sp³-hybridized carbons (Fsp3) is 0.308. The highest BCUT2D eigenvalue weighted by molar-refractivity contribution is 5.96. The molecule has 1 atom stereocenters. The molecule has 0 unspecified atom stereocenters. The minimum atomic E-state index is -0.491. The Morgan fingerprint density at radius 1 is 1.35 bits per heavy atom. The molecular weight excluding hydrogens is 216 g/mol. The average molecular weight is 232 g/mol. The summed E-state index contributed by atoms with van der Waals surface area (Å²) in [5.41, 5.74) is 7.31. The number of anilines is 1. The fourth-order valence-electron chi connectivity index (χ4n) is 1.57. The van der Waals surface area contributed by atoms with Crippen molar-refractivity contribution in [2.75, 3.05) is 5.32 Å². The van der Waals surface area contributed by atoms with Crippen LogP contribution in [-0.4, -0.2) is 11.9 Å². The van der Waals surface area contributed by atoms with E-state index in [9.17, 15) is 4.79 Å². The van der Waals surface area contributed by atoms with Crippen LogP contribution in [-0.2, 0) is 4.79 Å². The van der Waals surface area contributed by atoms with Gasteiger partial charge in [0.05, 0.1) is 12.3 Å². The molecule has 1 amide bonds. The van der Waals surface area contributed by atoms with Crippen LogP contribution in [0.25, 0.3) is 11.0 Å². The topological polar surface area (TPSA) is 68.3 Å². The van der Waals surface area contributed by atoms with Crippen molar-refractivity contribution in [1.29, 1.82) is 0 Å². The molecule has 0 fully saturated rings. The molecule has 0 saturated heterocycles. The van der Waals surface area contributed by atoms with Gasteiger partial charge in [0.15, 0.2) is 0 Å². The van der Waals surface area contributed by atoms with E-state index >= 15 is 0 Å². The quantitative estimate of drug-likeness (QED) is 0.853. The molecule has 1 heterocycles. The SMILES string of the molecule is CC(C)[C@H](N)C(=O)Nc1ccc2occc2c1. The van der Waals surface area contributed by atoms with Crippen LogP contribution >= 0.6 is 0 Å². The van der Waals surface area contributed by atoms with Gasteiger partial charge in [0, 0.05) is 11.1 Å². The van der Waals surface area contributed by atoms with Gasteiger partial charge in [-0.05, 0) is 30.2 Å². The first-order valence-corrected chi connectivity index (χ1v) is 5.61. The van der Waals surface area contributed by atoms with Crippen LogP contribution in [0, 0.1) is 5.92 Å². The second-order valence-electron chi connectivity index (χ2n) is 4.43. The molecule has 90 valence electrons. The first kappa shape index (κ1) is 11.7. The Kier molecular flexibility index (Phi) is 3.15. The molecule has 4 heteroatoms. The van der Waals surface area contributed by atoms with E-state index in [0.717, 1.165) is 16.7 Å². The Labute approximate surface area is 99.8 Å². The molecule has 0 bridgehead atoms. The van der Waals surface area contributed by atoms with Gasteiger partial charge in [-0.1, -0.05) is 13.8 Å². The third-order valence-corrected chi connectivity index (χ3v) is 2.74. The van der Waals surface area contributed by atoms with Crippen molar-refractivity contribution < 1.29 is 9.21 Å². The summed E-state index contributed by atoms with van der Waals surface area (Å²) < 4.78 is 5.23. The number of nitrogens with one attached hydrogen (secondary N) is 1. The molecular formula is C13H16N2O2. The zero-order valence-electron chi connectivity index (χ0n) is 9.94. The molecule has 0 aliphatic rings. The lowest BCUT2D eigenvalue weighted by molar-refractivity contribution is -0.118. The lowest BCUT2D eigenvalue weighted by Gasteiger charge is -2.15. The molecule has 0 radical (unpaired) electrons. The van der Waals surface area contributed by atoms with Gasteiger partial charge in [-0.2, -0.15) is 0 Å². The zero-order valence-corrected chi connectivity index (χ0v) is 9.94. The van der Waals surface area contributed by atoms with Crippen molar-refractivity contribution in [2.24, 2.45) is 11.7 Å². The van der Waals surface area contributed by atoms with Crippen molar-refractivity contribution in [3.8, 4) is 0 Å². The number of rotatable bonds is 3. The van der Waals surface area contributed by atoms with Crippen LogP contribution in [0.3, 0.4) is 0 Å². The molecule has 2 rings (SSSR count). The molecule has 2 aromatic rings. The fourth-order valence-corrected chi connectivity index (χ4v) is 1.57. The van der Waals surface area contributed by atoms with E-state index < -0.39 is 6.04 Å². The maximum absolute atomic E-state index is 11.8. The average Bonchev–Trinajstić information content (AvgIpc) is 2.74. The van der Waals surface area contributed by atoms with E-state index in [0.29, 0.717) is 0 Å². The van der Waals surface area contributed by atoms with Gasteiger partial charge in [0.2, 0.25) is 5.91 Å². The largest absolute Gasteiger partial charge is 0.464 e. The van der Waals surface area contributed by atoms with E-state index in [1.54, 1.807) is 12.3 Å². The Morgan fingerprint density at radius 3 is 2.82 bits per heavy atom. The molecule has 3 N–H and O–H groups in total. The summed E-state index contributed by atoms with van der Waals surface area (Å²) in [5.74, 6) is -0.0458. The van der Waals surface area contributed by atoms with E-state index in [1.807, 2.05) is 32.0 Å². The summed E-state index contributed by atoms with van der Waals surface area (Å²) >= 11 is 0. The number of carbonyl (C=O) groups excluding carboxylic acids is 1. The lowest BCUT2D eigenvalue weighted by Crippen LogP contribution is -2.39. The van der Waals surface area contributed by atoms with E-state index in [4.69, 9.17) is 10.2 Å². The molecule has 0 aliphatic heterocycles. The molecule has 0 aliphatic carbocycles. The number of fused-ring (bicyclic) bond motifs is 1. The molecule has 0 saturated carbocycles. The maximum atomic E-state index is 11.8. The normalized spacial score (nSPS) is 12.9. The van der Waals surface area contributed by atoms with Gasteiger partial charge in [0.1, 0.15) is 5.58 Å². The summed E-state index contributed by atoms with van der Waals surface area (Å²) in [5, 5.41) is 3.76. The van der Waals surface area contributed by atoms with Crippen LogP contribution in [0.4, 0.5) is 5.69 Å². The first-order valence-electron chi connectivity index (χ1n) is 5.61. The minimum Gasteiger partial charge on any atom is -0.464 e. The third-order valence-electron chi connectivity index (χ3n) is 2.74. The van der Waals surface area contributed by atoms with Gasteiger partial charge in [-0.3, -0.25) is 4.79 Å².